The van der Waals surface area contributed by atoms with E-state index in [2.05, 4.69) is 10.6 Å². The van der Waals surface area contributed by atoms with Gasteiger partial charge in [0.1, 0.15) is 10.1 Å². The van der Waals surface area contributed by atoms with Crippen molar-refractivity contribution in [1.29, 1.82) is 0 Å². The molecule has 13 heteroatoms. The van der Waals surface area contributed by atoms with Gasteiger partial charge in [-0.2, -0.15) is 13.0 Å². The van der Waals surface area contributed by atoms with Crippen LogP contribution in [0.2, 0.25) is 10.0 Å². The second-order valence-electron chi connectivity index (χ2n) is 8.71. The number of unbranched alkanes of at least 4 members (excludes halogenated alkanes) is 1. The lowest BCUT2D eigenvalue weighted by molar-refractivity contribution is -0.669. The van der Waals surface area contributed by atoms with Crippen molar-refractivity contribution in [2.24, 2.45) is 0 Å². The topological polar surface area (TPSA) is 98.8 Å². The largest absolute Gasteiger partial charge is 0.318 e. The molecular formula is C25H27Cl2N2O5S4+. The summed E-state index contributed by atoms with van der Waals surface area (Å²) in [5.41, 5.74) is 2.76. The van der Waals surface area contributed by atoms with Crippen LogP contribution in [0.25, 0.3) is 16.3 Å². The van der Waals surface area contributed by atoms with Crippen LogP contribution < -0.4 is 9.47 Å². The van der Waals surface area contributed by atoms with Crippen LogP contribution in [0.15, 0.2) is 58.0 Å². The van der Waals surface area contributed by atoms with E-state index in [4.69, 9.17) is 27.8 Å². The van der Waals surface area contributed by atoms with Crippen LogP contribution in [-0.4, -0.2) is 32.9 Å². The molecule has 0 amide bonds. The summed E-state index contributed by atoms with van der Waals surface area (Å²) in [6.45, 7) is 4.30. The van der Waals surface area contributed by atoms with Gasteiger partial charge in [0.25, 0.3) is 15.1 Å². The van der Waals surface area contributed by atoms with Gasteiger partial charge in [-0.15, -0.1) is 0 Å². The molecule has 1 aliphatic heterocycles. The fraction of sp³-hybridized carbons (Fsp3) is 0.320. The van der Waals surface area contributed by atoms with Gasteiger partial charge in [-0.25, -0.2) is 4.21 Å². The number of benzene rings is 2. The number of hydrogen-bond donors (Lipinski definition) is 2. The van der Waals surface area contributed by atoms with Crippen molar-refractivity contribution in [1.82, 2.24) is 0 Å². The molecule has 0 fully saturated rings. The maximum Gasteiger partial charge on any atom is 0.264 e. The number of aromatic nitrogens is 1. The highest BCUT2D eigenvalue weighted by atomic mass is 35.5. The van der Waals surface area contributed by atoms with E-state index in [9.17, 15) is 17.2 Å². The molecule has 38 heavy (non-hydrogen) atoms. The summed E-state index contributed by atoms with van der Waals surface area (Å²) in [5, 5.41) is 2.28. The van der Waals surface area contributed by atoms with Gasteiger partial charge in [0.15, 0.2) is 17.6 Å². The number of hydrogen-bond acceptors (Lipinski definition) is 6. The summed E-state index contributed by atoms with van der Waals surface area (Å²) in [6, 6.07) is 11.2. The smallest absolute Gasteiger partial charge is 0.264 e. The fourth-order valence-corrected chi connectivity index (χ4v) is 7.85. The van der Waals surface area contributed by atoms with Gasteiger partial charge in [0, 0.05) is 33.5 Å². The van der Waals surface area contributed by atoms with Crippen LogP contribution in [0, 0.1) is 0 Å². The molecule has 7 nitrogen and oxygen atoms in total. The highest BCUT2D eigenvalue weighted by Gasteiger charge is 2.32. The van der Waals surface area contributed by atoms with Gasteiger partial charge >= 0.3 is 0 Å². The molecule has 2 atom stereocenters. The number of nitrogens with zero attached hydrogens (tertiary/aromatic N) is 2. The lowest BCUT2D eigenvalue weighted by atomic mass is 10.2. The first-order chi connectivity index (χ1) is 18.0. The molecule has 0 saturated heterocycles. The molecule has 0 spiro atoms. The first kappa shape index (κ1) is 29.5. The number of fused-ring (bicyclic) bond motifs is 2. The summed E-state index contributed by atoms with van der Waals surface area (Å²) in [5.74, 6) is -0.282. The summed E-state index contributed by atoms with van der Waals surface area (Å²) in [6.07, 6.45) is 5.72. The average Bonchev–Trinajstić information content (AvgIpc) is 3.36. The molecule has 2 heterocycles. The van der Waals surface area contributed by atoms with Crippen LogP contribution in [0.5, 0.6) is 0 Å². The van der Waals surface area contributed by atoms with Gasteiger partial charge < -0.3 is 9.45 Å². The van der Waals surface area contributed by atoms with E-state index in [1.54, 1.807) is 30.4 Å². The van der Waals surface area contributed by atoms with Gasteiger partial charge in [0.05, 0.1) is 16.5 Å². The van der Waals surface area contributed by atoms with Gasteiger partial charge in [-0.1, -0.05) is 53.2 Å². The minimum atomic E-state index is -4.01. The van der Waals surface area contributed by atoms with E-state index in [1.807, 2.05) is 42.2 Å². The van der Waals surface area contributed by atoms with Crippen LogP contribution in [0.4, 0.5) is 5.69 Å². The van der Waals surface area contributed by atoms with E-state index in [0.717, 1.165) is 36.4 Å². The third-order valence-corrected chi connectivity index (χ3v) is 10.3. The van der Waals surface area contributed by atoms with Crippen molar-refractivity contribution in [2.45, 2.75) is 49.9 Å². The molecule has 3 aromatic rings. The van der Waals surface area contributed by atoms with E-state index >= 15 is 0 Å². The number of thiazole rings is 1. The second kappa shape index (κ2) is 12.4. The standard InChI is InChI=1S/C25H26Cl2N2O5S4/c1-3-17(13-25-29(16(2)37(30)31)21-15-19(27)7-9-23(21)36-25)12-24-28(10-4-5-11-38(32,33)34)20-14-18(26)6-8-22(20)35-24/h6-9,12-16H,3-5,10-11H2,1-2H3,(H-,30,31,32,33,34)/p+1. The molecule has 1 aromatic heterocycles. The SMILES string of the molecule is CCC(=Cc1sc2ccc(Cl)cc2[n+]1CCCCS(=O)(=O)O)C=C1Sc2ccc(Cl)cc2N1C(C)S(=O)O. The maximum absolute atomic E-state index is 12.1. The van der Waals surface area contributed by atoms with E-state index in [1.165, 1.54) is 11.8 Å². The number of rotatable bonds is 10. The Morgan fingerprint density at radius 3 is 2.58 bits per heavy atom. The number of aryl methyl sites for hydroxylation is 1. The van der Waals surface area contributed by atoms with Crippen LogP contribution >= 0.6 is 46.3 Å². The van der Waals surface area contributed by atoms with Crippen molar-refractivity contribution in [2.75, 3.05) is 10.7 Å². The molecule has 1 aliphatic rings. The zero-order valence-corrected chi connectivity index (χ0v) is 25.4. The highest BCUT2D eigenvalue weighted by Crippen LogP contribution is 2.48. The Morgan fingerprint density at radius 1 is 1.18 bits per heavy atom. The summed E-state index contributed by atoms with van der Waals surface area (Å²) >= 11 is 13.6. The van der Waals surface area contributed by atoms with Gasteiger partial charge in [-0.05, 0) is 61.7 Å². The van der Waals surface area contributed by atoms with Crippen molar-refractivity contribution < 1.29 is 26.3 Å². The summed E-state index contributed by atoms with van der Waals surface area (Å²) < 4.78 is 56.5. The highest BCUT2D eigenvalue weighted by molar-refractivity contribution is 8.03. The first-order valence-corrected chi connectivity index (χ1v) is 17.0. The molecule has 0 bridgehead atoms. The molecule has 4 rings (SSSR count). The molecule has 2 aromatic carbocycles. The van der Waals surface area contributed by atoms with Crippen LogP contribution in [0.3, 0.4) is 0 Å². The maximum atomic E-state index is 12.1. The minimum Gasteiger partial charge on any atom is -0.318 e. The number of allylic oxidation sites excluding steroid dienone is 2. The third kappa shape index (κ3) is 7.00. The van der Waals surface area contributed by atoms with E-state index in [0.29, 0.717) is 35.9 Å². The Kier molecular flexibility index (Phi) is 9.63. The molecular weight excluding hydrogens is 607 g/mol. The number of thioether (sulfide) groups is 1. The monoisotopic (exact) mass is 633 g/mol. The van der Waals surface area contributed by atoms with Crippen LogP contribution in [-0.2, 0) is 27.7 Å². The Labute approximate surface area is 243 Å². The molecule has 204 valence electrons. The predicted molar refractivity (Wildman–Crippen MR) is 159 cm³/mol. The number of halogens is 2. The second-order valence-corrected chi connectivity index (χ2v) is 14.5. The Morgan fingerprint density at radius 2 is 1.89 bits per heavy atom. The average molecular weight is 635 g/mol. The molecule has 2 N–H and O–H groups in total. The third-order valence-electron chi connectivity index (χ3n) is 6.04. The van der Waals surface area contributed by atoms with Crippen LogP contribution in [0.1, 0.15) is 38.1 Å². The lowest BCUT2D eigenvalue weighted by Crippen LogP contribution is -2.35. The minimum absolute atomic E-state index is 0.282. The van der Waals surface area contributed by atoms with E-state index < -0.39 is 26.6 Å². The normalized spacial score (nSPS) is 16.8. The van der Waals surface area contributed by atoms with E-state index in [-0.39, 0.29) is 5.75 Å². The molecule has 2 unspecified atom stereocenters. The Balaban J connectivity index is 1.73. The van der Waals surface area contributed by atoms with Crippen molar-refractivity contribution in [3.8, 4) is 0 Å². The Hall–Kier alpha value is -1.44. The summed E-state index contributed by atoms with van der Waals surface area (Å²) in [4.78, 5) is 2.80. The van der Waals surface area contributed by atoms with Crippen molar-refractivity contribution in [3.05, 3.63) is 68.1 Å². The van der Waals surface area contributed by atoms with Gasteiger partial charge in [-0.3, -0.25) is 4.55 Å². The first-order valence-electron chi connectivity index (χ1n) is 11.8. The zero-order chi connectivity index (χ0) is 27.6. The Bertz CT molecular complexity index is 1550. The zero-order valence-electron chi connectivity index (χ0n) is 20.6. The summed E-state index contributed by atoms with van der Waals surface area (Å²) in [7, 11) is -4.01. The molecule has 0 radical (unpaired) electrons. The van der Waals surface area contributed by atoms with Crippen molar-refractivity contribution in [3.63, 3.8) is 0 Å². The van der Waals surface area contributed by atoms with Gasteiger partial charge in [0.2, 0.25) is 5.52 Å². The predicted octanol–water partition coefficient (Wildman–Crippen LogP) is 6.98. The molecule has 0 aliphatic carbocycles. The molecule has 0 saturated carbocycles. The quantitative estimate of drug-likeness (QED) is 0.108. The lowest BCUT2D eigenvalue weighted by Gasteiger charge is -2.25. The van der Waals surface area contributed by atoms with Crippen molar-refractivity contribution >= 4 is 89.5 Å². The number of anilines is 1. The fourth-order valence-electron chi connectivity index (χ4n) is 4.14.